The summed E-state index contributed by atoms with van der Waals surface area (Å²) < 4.78 is 11.4. The van der Waals surface area contributed by atoms with E-state index in [1.54, 1.807) is 18.2 Å². The minimum absolute atomic E-state index is 0.0352. The lowest BCUT2D eigenvalue weighted by molar-refractivity contribution is -0.136. The molecule has 2 aliphatic heterocycles. The Balaban J connectivity index is 1.52. The van der Waals surface area contributed by atoms with Crippen molar-refractivity contribution >= 4 is 17.5 Å². The summed E-state index contributed by atoms with van der Waals surface area (Å²) in [5, 5.41) is 0.609. The maximum Gasteiger partial charge on any atom is 0.260 e. The van der Waals surface area contributed by atoms with Crippen LogP contribution < -0.4 is 4.74 Å². The van der Waals surface area contributed by atoms with Gasteiger partial charge in [-0.3, -0.25) is 4.79 Å². The van der Waals surface area contributed by atoms with E-state index in [4.69, 9.17) is 21.1 Å². The Morgan fingerprint density at radius 2 is 2.38 bits per heavy atom. The van der Waals surface area contributed by atoms with Crippen LogP contribution >= 0.6 is 11.6 Å². The summed E-state index contributed by atoms with van der Waals surface area (Å²) in [6, 6.07) is 7.11. The van der Waals surface area contributed by atoms with Crippen molar-refractivity contribution in [1.82, 2.24) is 4.90 Å². The number of nitrogens with zero attached hydrogens (tertiary/aromatic N) is 1. The Labute approximate surface area is 130 Å². The maximum atomic E-state index is 12.3. The smallest absolute Gasteiger partial charge is 0.260 e. The van der Waals surface area contributed by atoms with E-state index in [1.165, 1.54) is 0 Å². The fourth-order valence-electron chi connectivity index (χ4n) is 3.22. The highest BCUT2D eigenvalue weighted by atomic mass is 35.5. The van der Waals surface area contributed by atoms with E-state index < -0.39 is 0 Å². The van der Waals surface area contributed by atoms with Gasteiger partial charge in [-0.25, -0.2) is 0 Å². The first-order valence-corrected chi connectivity index (χ1v) is 7.81. The van der Waals surface area contributed by atoms with E-state index >= 15 is 0 Å². The van der Waals surface area contributed by atoms with Crippen LogP contribution in [0.5, 0.6) is 5.75 Å². The highest BCUT2D eigenvalue weighted by Crippen LogP contribution is 2.32. The van der Waals surface area contributed by atoms with Gasteiger partial charge in [0.1, 0.15) is 5.75 Å². The van der Waals surface area contributed by atoms with E-state index in [1.807, 2.05) is 11.0 Å². The number of piperidine rings is 1. The first-order chi connectivity index (χ1) is 10.1. The van der Waals surface area contributed by atoms with Crippen LogP contribution in [-0.2, 0) is 9.53 Å². The molecule has 0 aromatic heterocycles. The van der Waals surface area contributed by atoms with Gasteiger partial charge in [0.25, 0.3) is 5.91 Å². The molecule has 4 nitrogen and oxygen atoms in total. The van der Waals surface area contributed by atoms with Crippen LogP contribution in [-0.4, -0.2) is 42.7 Å². The molecule has 0 N–H and O–H groups in total. The average molecular weight is 310 g/mol. The zero-order valence-electron chi connectivity index (χ0n) is 12.1. The minimum Gasteiger partial charge on any atom is -0.484 e. The Morgan fingerprint density at radius 3 is 3.19 bits per heavy atom. The summed E-state index contributed by atoms with van der Waals surface area (Å²) >= 11 is 5.89. The first-order valence-electron chi connectivity index (χ1n) is 7.43. The molecule has 3 rings (SSSR count). The molecule has 1 amide bonds. The van der Waals surface area contributed by atoms with Crippen LogP contribution in [0.3, 0.4) is 0 Å². The molecule has 0 aliphatic carbocycles. The number of ether oxygens (including phenoxy) is 2. The van der Waals surface area contributed by atoms with Crippen molar-refractivity contribution in [2.45, 2.75) is 32.0 Å². The van der Waals surface area contributed by atoms with E-state index in [2.05, 4.69) is 6.92 Å². The zero-order valence-corrected chi connectivity index (χ0v) is 12.9. The van der Waals surface area contributed by atoms with Gasteiger partial charge in [-0.15, -0.1) is 0 Å². The van der Waals surface area contributed by atoms with Crippen molar-refractivity contribution < 1.29 is 14.3 Å². The number of carbonyl (C=O) groups is 1. The normalized spacial score (nSPS) is 28.3. The van der Waals surface area contributed by atoms with Crippen LogP contribution in [0, 0.1) is 5.92 Å². The highest BCUT2D eigenvalue weighted by Gasteiger charge is 2.38. The number of hydrogen-bond acceptors (Lipinski definition) is 3. The number of carbonyl (C=O) groups excluding carboxylic acids is 1. The van der Waals surface area contributed by atoms with Gasteiger partial charge in [0, 0.05) is 24.0 Å². The van der Waals surface area contributed by atoms with Crippen LogP contribution in [0.2, 0.25) is 5.02 Å². The summed E-state index contributed by atoms with van der Waals surface area (Å²) in [6.07, 6.45) is 2.62. The van der Waals surface area contributed by atoms with Crippen LogP contribution in [0.1, 0.15) is 19.8 Å². The summed E-state index contributed by atoms with van der Waals surface area (Å²) in [5.41, 5.74) is 0. The lowest BCUT2D eigenvalue weighted by Crippen LogP contribution is -2.46. The summed E-state index contributed by atoms with van der Waals surface area (Å²) in [5.74, 6) is 1.14. The Kier molecular flexibility index (Phi) is 4.36. The molecule has 1 aromatic rings. The maximum absolute atomic E-state index is 12.3. The minimum atomic E-state index is 0.0352. The van der Waals surface area contributed by atoms with Gasteiger partial charge >= 0.3 is 0 Å². The molecule has 0 spiro atoms. The van der Waals surface area contributed by atoms with Crippen LogP contribution in [0.25, 0.3) is 0 Å². The Bertz CT molecular complexity index is 522. The van der Waals surface area contributed by atoms with Crippen molar-refractivity contribution in [3.8, 4) is 5.75 Å². The van der Waals surface area contributed by atoms with Gasteiger partial charge in [-0.1, -0.05) is 17.7 Å². The number of rotatable bonds is 3. The molecule has 2 aliphatic rings. The second-order valence-corrected chi connectivity index (χ2v) is 6.29. The van der Waals surface area contributed by atoms with Crippen LogP contribution in [0.15, 0.2) is 24.3 Å². The number of amides is 1. The quantitative estimate of drug-likeness (QED) is 0.862. The lowest BCUT2D eigenvalue weighted by Gasteiger charge is -2.34. The SMILES string of the molecule is C[C@@H]1C[C@@H]2CN(C(=O)COc3cccc(Cl)c3)CC[C@@H]2O1. The van der Waals surface area contributed by atoms with Crippen LogP contribution in [0.4, 0.5) is 0 Å². The molecule has 3 atom stereocenters. The molecule has 0 unspecified atom stereocenters. The van der Waals surface area contributed by atoms with Gasteiger partial charge in [0.15, 0.2) is 6.61 Å². The predicted octanol–water partition coefficient (Wildman–Crippen LogP) is 2.74. The molecule has 2 heterocycles. The van der Waals surface area contributed by atoms with E-state index in [-0.39, 0.29) is 12.5 Å². The molecule has 0 bridgehead atoms. The fraction of sp³-hybridized carbons (Fsp3) is 0.562. The number of halogens is 1. The van der Waals surface area contributed by atoms with Crippen molar-refractivity contribution in [2.24, 2.45) is 5.92 Å². The lowest BCUT2D eigenvalue weighted by atomic mass is 9.93. The molecule has 5 heteroatoms. The second kappa shape index (κ2) is 6.24. The van der Waals surface area contributed by atoms with Gasteiger partial charge in [0.2, 0.25) is 0 Å². The summed E-state index contributed by atoms with van der Waals surface area (Å²) in [6.45, 7) is 3.71. The fourth-order valence-corrected chi connectivity index (χ4v) is 3.40. The van der Waals surface area contributed by atoms with Crippen molar-refractivity contribution in [2.75, 3.05) is 19.7 Å². The molecule has 0 saturated carbocycles. The van der Waals surface area contributed by atoms with Crippen molar-refractivity contribution in [1.29, 1.82) is 0 Å². The average Bonchev–Trinajstić information content (AvgIpc) is 2.84. The van der Waals surface area contributed by atoms with Gasteiger partial charge < -0.3 is 14.4 Å². The predicted molar refractivity (Wildman–Crippen MR) is 80.6 cm³/mol. The molecule has 1 aromatic carbocycles. The van der Waals surface area contributed by atoms with E-state index in [0.717, 1.165) is 25.9 Å². The van der Waals surface area contributed by atoms with Crippen molar-refractivity contribution in [3.05, 3.63) is 29.3 Å². The number of hydrogen-bond donors (Lipinski definition) is 0. The third-order valence-corrected chi connectivity index (χ3v) is 4.45. The standard InChI is InChI=1S/C16H20ClNO3/c1-11-7-12-9-18(6-5-15(12)21-11)16(19)10-20-14-4-2-3-13(17)8-14/h2-4,8,11-12,15H,5-7,9-10H2,1H3/t11-,12-,15+/m1/s1. The van der Waals surface area contributed by atoms with E-state index in [9.17, 15) is 4.79 Å². The van der Waals surface area contributed by atoms with Gasteiger partial charge in [0.05, 0.1) is 12.2 Å². The van der Waals surface area contributed by atoms with Gasteiger partial charge in [-0.2, -0.15) is 0 Å². The first kappa shape index (κ1) is 14.7. The molecular formula is C16H20ClNO3. The largest absolute Gasteiger partial charge is 0.484 e. The third kappa shape index (κ3) is 3.50. The molecule has 2 fully saturated rings. The topological polar surface area (TPSA) is 38.8 Å². The molecule has 0 radical (unpaired) electrons. The van der Waals surface area contributed by atoms with Gasteiger partial charge in [-0.05, 0) is 38.0 Å². The molecular weight excluding hydrogens is 290 g/mol. The molecule has 2 saturated heterocycles. The summed E-state index contributed by atoms with van der Waals surface area (Å²) in [7, 11) is 0. The molecule has 21 heavy (non-hydrogen) atoms. The Hall–Kier alpha value is -1.26. The number of benzene rings is 1. The highest BCUT2D eigenvalue weighted by molar-refractivity contribution is 6.30. The number of likely N-dealkylation sites (tertiary alicyclic amines) is 1. The number of fused-ring (bicyclic) bond motifs is 1. The third-order valence-electron chi connectivity index (χ3n) is 4.22. The molecule has 114 valence electrons. The Morgan fingerprint density at radius 1 is 1.52 bits per heavy atom. The van der Waals surface area contributed by atoms with Crippen molar-refractivity contribution in [3.63, 3.8) is 0 Å². The monoisotopic (exact) mass is 309 g/mol. The van der Waals surface area contributed by atoms with E-state index in [0.29, 0.717) is 28.9 Å². The summed E-state index contributed by atoms with van der Waals surface area (Å²) in [4.78, 5) is 14.1. The second-order valence-electron chi connectivity index (χ2n) is 5.86. The zero-order chi connectivity index (χ0) is 14.8.